The van der Waals surface area contributed by atoms with E-state index in [0.29, 0.717) is 24.2 Å². The summed E-state index contributed by atoms with van der Waals surface area (Å²) in [6, 6.07) is 10.2. The van der Waals surface area contributed by atoms with Crippen LogP contribution < -0.4 is 10.2 Å². The lowest BCUT2D eigenvalue weighted by atomic mass is 10.2. The second-order valence-electron chi connectivity index (χ2n) is 7.00. The van der Waals surface area contributed by atoms with Gasteiger partial charge in [-0.05, 0) is 42.8 Å². The Morgan fingerprint density at radius 2 is 2.04 bits per heavy atom. The van der Waals surface area contributed by atoms with Crippen molar-refractivity contribution in [2.24, 2.45) is 0 Å². The van der Waals surface area contributed by atoms with Crippen LogP contribution in [0.2, 0.25) is 0 Å². The van der Waals surface area contributed by atoms with Crippen molar-refractivity contribution in [3.63, 3.8) is 0 Å². The maximum atomic E-state index is 13.4. The Morgan fingerprint density at radius 3 is 2.82 bits per heavy atom. The van der Waals surface area contributed by atoms with Crippen LogP contribution in [0.25, 0.3) is 10.9 Å². The van der Waals surface area contributed by atoms with Crippen LogP contribution in [0.15, 0.2) is 42.6 Å². The highest BCUT2D eigenvalue weighted by Crippen LogP contribution is 2.24. The molecule has 2 aromatic heterocycles. The molecule has 0 spiro atoms. The van der Waals surface area contributed by atoms with E-state index in [1.165, 1.54) is 12.1 Å². The Hall–Kier alpha value is -3.09. The van der Waals surface area contributed by atoms with Crippen LogP contribution >= 0.6 is 0 Å². The van der Waals surface area contributed by atoms with E-state index in [-0.39, 0.29) is 11.7 Å². The van der Waals surface area contributed by atoms with Gasteiger partial charge in [0.05, 0.1) is 5.69 Å². The molecule has 4 rings (SSSR count). The van der Waals surface area contributed by atoms with Crippen LogP contribution in [-0.2, 0) is 0 Å². The summed E-state index contributed by atoms with van der Waals surface area (Å²) in [5, 5.41) is 4.13. The molecule has 0 saturated carbocycles. The predicted molar refractivity (Wildman–Crippen MR) is 109 cm³/mol. The van der Waals surface area contributed by atoms with E-state index in [9.17, 15) is 9.18 Å². The summed E-state index contributed by atoms with van der Waals surface area (Å²) in [5.74, 6) is 0.577. The average molecular weight is 381 g/mol. The molecule has 3 heterocycles. The van der Waals surface area contributed by atoms with Crippen molar-refractivity contribution in [1.29, 1.82) is 0 Å². The Labute approximate surface area is 163 Å². The lowest BCUT2D eigenvalue weighted by Gasteiger charge is -2.36. The van der Waals surface area contributed by atoms with Crippen molar-refractivity contribution < 1.29 is 9.18 Å². The highest BCUT2D eigenvalue weighted by Gasteiger charge is 2.25. The fraction of sp³-hybridized carbons (Fsp3) is 0.333. The standard InChI is InChI=1S/C21H24FN5O/c1-2-7-23-18-4-3-8-24-20(18)26-9-11-27(12-10-26)21(28)19-14-15-13-16(22)5-6-17(15)25-19/h3-6,8,13-14,23,25H,2,7,9-12H2,1H3. The highest BCUT2D eigenvalue weighted by molar-refractivity contribution is 5.98. The summed E-state index contributed by atoms with van der Waals surface area (Å²) in [6.45, 7) is 5.71. The topological polar surface area (TPSA) is 64.3 Å². The summed E-state index contributed by atoms with van der Waals surface area (Å²) in [6.07, 6.45) is 2.85. The molecule has 1 aliphatic rings. The van der Waals surface area contributed by atoms with Crippen molar-refractivity contribution in [3.8, 4) is 0 Å². The minimum atomic E-state index is -0.304. The molecule has 3 aromatic rings. The smallest absolute Gasteiger partial charge is 0.270 e. The van der Waals surface area contributed by atoms with Gasteiger partial charge < -0.3 is 20.1 Å². The van der Waals surface area contributed by atoms with E-state index in [1.807, 2.05) is 17.0 Å². The van der Waals surface area contributed by atoms with Gasteiger partial charge in [-0.15, -0.1) is 0 Å². The first-order chi connectivity index (χ1) is 13.7. The molecule has 1 saturated heterocycles. The van der Waals surface area contributed by atoms with Gasteiger partial charge in [0.2, 0.25) is 0 Å². The average Bonchev–Trinajstić information content (AvgIpc) is 3.15. The summed E-state index contributed by atoms with van der Waals surface area (Å²) in [4.78, 5) is 24.5. The van der Waals surface area contributed by atoms with Crippen LogP contribution in [-0.4, -0.2) is 53.5 Å². The van der Waals surface area contributed by atoms with Crippen LogP contribution in [0.5, 0.6) is 0 Å². The van der Waals surface area contributed by atoms with Crippen LogP contribution in [0.4, 0.5) is 15.9 Å². The number of nitrogens with one attached hydrogen (secondary N) is 2. The first-order valence-corrected chi connectivity index (χ1v) is 9.67. The molecule has 28 heavy (non-hydrogen) atoms. The second-order valence-corrected chi connectivity index (χ2v) is 7.00. The number of aromatic amines is 1. The summed E-state index contributed by atoms with van der Waals surface area (Å²) < 4.78 is 13.4. The van der Waals surface area contributed by atoms with Gasteiger partial charge >= 0.3 is 0 Å². The SMILES string of the molecule is CCCNc1cccnc1N1CCN(C(=O)c2cc3cc(F)ccc3[nH]2)CC1. The first-order valence-electron chi connectivity index (χ1n) is 9.67. The number of amides is 1. The number of hydrogen-bond acceptors (Lipinski definition) is 4. The van der Waals surface area contributed by atoms with Gasteiger partial charge in [-0.2, -0.15) is 0 Å². The minimum Gasteiger partial charge on any atom is -0.382 e. The Morgan fingerprint density at radius 1 is 1.21 bits per heavy atom. The van der Waals surface area contributed by atoms with Gasteiger partial charge in [0, 0.05) is 49.8 Å². The lowest BCUT2D eigenvalue weighted by molar-refractivity contribution is 0.0741. The number of rotatable bonds is 5. The molecule has 2 N–H and O–H groups in total. The number of aromatic nitrogens is 2. The van der Waals surface area contributed by atoms with E-state index in [1.54, 1.807) is 18.3 Å². The van der Waals surface area contributed by atoms with Gasteiger partial charge in [-0.1, -0.05) is 6.92 Å². The van der Waals surface area contributed by atoms with Crippen LogP contribution in [0.3, 0.4) is 0 Å². The number of benzene rings is 1. The van der Waals surface area contributed by atoms with Gasteiger partial charge in [-0.25, -0.2) is 9.37 Å². The summed E-state index contributed by atoms with van der Waals surface area (Å²) in [7, 11) is 0. The molecule has 1 amide bonds. The first kappa shape index (κ1) is 18.3. The van der Waals surface area contributed by atoms with E-state index in [4.69, 9.17) is 0 Å². The molecular weight excluding hydrogens is 357 g/mol. The number of carbonyl (C=O) groups excluding carboxylic acids is 1. The third-order valence-corrected chi connectivity index (χ3v) is 5.03. The third-order valence-electron chi connectivity index (χ3n) is 5.03. The van der Waals surface area contributed by atoms with Crippen molar-refractivity contribution in [2.75, 3.05) is 42.9 Å². The van der Waals surface area contributed by atoms with Gasteiger partial charge in [0.15, 0.2) is 5.82 Å². The lowest BCUT2D eigenvalue weighted by Crippen LogP contribution is -2.49. The molecule has 0 bridgehead atoms. The van der Waals surface area contributed by atoms with Gasteiger partial charge in [0.1, 0.15) is 11.5 Å². The predicted octanol–water partition coefficient (Wildman–Crippen LogP) is 3.49. The van der Waals surface area contributed by atoms with Crippen LogP contribution in [0.1, 0.15) is 23.8 Å². The fourth-order valence-electron chi connectivity index (χ4n) is 3.56. The number of H-pyrrole nitrogens is 1. The molecular formula is C21H24FN5O. The zero-order valence-corrected chi connectivity index (χ0v) is 15.9. The van der Waals surface area contributed by atoms with Crippen molar-refractivity contribution in [2.45, 2.75) is 13.3 Å². The molecule has 1 aliphatic heterocycles. The van der Waals surface area contributed by atoms with Crippen molar-refractivity contribution in [1.82, 2.24) is 14.9 Å². The minimum absolute atomic E-state index is 0.0541. The van der Waals surface area contributed by atoms with Crippen LogP contribution in [0, 0.1) is 5.82 Å². The number of halogens is 1. The normalized spacial score (nSPS) is 14.5. The van der Waals surface area contributed by atoms with E-state index < -0.39 is 0 Å². The molecule has 0 atom stereocenters. The molecule has 1 fully saturated rings. The van der Waals surface area contributed by atoms with Gasteiger partial charge in [0.25, 0.3) is 5.91 Å². The number of nitrogens with zero attached hydrogens (tertiary/aromatic N) is 3. The molecule has 0 aliphatic carbocycles. The Kier molecular flexibility index (Phi) is 5.14. The molecule has 1 aromatic carbocycles. The molecule has 6 nitrogen and oxygen atoms in total. The fourth-order valence-corrected chi connectivity index (χ4v) is 3.56. The van der Waals surface area contributed by atoms with E-state index in [0.717, 1.165) is 43.1 Å². The molecule has 146 valence electrons. The highest BCUT2D eigenvalue weighted by atomic mass is 19.1. The summed E-state index contributed by atoms with van der Waals surface area (Å²) in [5.41, 5.74) is 2.29. The zero-order valence-electron chi connectivity index (χ0n) is 15.9. The summed E-state index contributed by atoms with van der Waals surface area (Å²) >= 11 is 0. The molecule has 0 radical (unpaired) electrons. The monoisotopic (exact) mass is 381 g/mol. The molecule has 0 unspecified atom stereocenters. The van der Waals surface area contributed by atoms with Gasteiger partial charge in [-0.3, -0.25) is 4.79 Å². The maximum Gasteiger partial charge on any atom is 0.270 e. The number of pyridine rings is 1. The number of carbonyl (C=O) groups is 1. The number of anilines is 2. The zero-order chi connectivity index (χ0) is 19.5. The number of piperazine rings is 1. The van der Waals surface area contributed by atoms with E-state index >= 15 is 0 Å². The van der Waals surface area contributed by atoms with Crippen molar-refractivity contribution in [3.05, 3.63) is 54.1 Å². The maximum absolute atomic E-state index is 13.4. The molecule has 7 heteroatoms. The third kappa shape index (κ3) is 3.65. The largest absolute Gasteiger partial charge is 0.382 e. The number of hydrogen-bond donors (Lipinski definition) is 2. The number of fused-ring (bicyclic) bond motifs is 1. The Balaban J connectivity index is 1.44. The van der Waals surface area contributed by atoms with Crippen molar-refractivity contribution >= 4 is 28.3 Å². The quantitative estimate of drug-likeness (QED) is 0.710. The second kappa shape index (κ2) is 7.88. The van der Waals surface area contributed by atoms with E-state index in [2.05, 4.69) is 27.1 Å². The Bertz CT molecular complexity index is 978.